The molecule has 0 radical (unpaired) electrons. The van der Waals surface area contributed by atoms with Crippen molar-refractivity contribution in [3.63, 3.8) is 0 Å². The van der Waals surface area contributed by atoms with Crippen molar-refractivity contribution >= 4 is 21.7 Å². The number of hydrogen-bond acceptors (Lipinski definition) is 2. The molecule has 0 spiro atoms. The van der Waals surface area contributed by atoms with Crippen LogP contribution in [-0.2, 0) is 0 Å². The van der Waals surface area contributed by atoms with E-state index in [1.807, 2.05) is 25.1 Å². The van der Waals surface area contributed by atoms with Crippen LogP contribution in [0.3, 0.4) is 0 Å². The van der Waals surface area contributed by atoms with Crippen molar-refractivity contribution in [1.82, 2.24) is 0 Å². The van der Waals surface area contributed by atoms with E-state index >= 15 is 0 Å². The number of carbonyl (C=O) groups excluding carboxylic acids is 1. The van der Waals surface area contributed by atoms with Gasteiger partial charge >= 0.3 is 0 Å². The fourth-order valence-electron chi connectivity index (χ4n) is 3.01. The Morgan fingerprint density at radius 3 is 2.53 bits per heavy atom. The zero-order valence-corrected chi connectivity index (χ0v) is 13.3. The van der Waals surface area contributed by atoms with Crippen LogP contribution in [0.5, 0.6) is 5.75 Å². The van der Waals surface area contributed by atoms with Crippen LogP contribution in [0.2, 0.25) is 0 Å². The van der Waals surface area contributed by atoms with Crippen molar-refractivity contribution in [3.05, 3.63) is 28.2 Å². The van der Waals surface area contributed by atoms with Gasteiger partial charge in [0.05, 0.1) is 11.1 Å². The van der Waals surface area contributed by atoms with E-state index in [0.717, 1.165) is 35.0 Å². The van der Waals surface area contributed by atoms with E-state index in [1.165, 1.54) is 12.8 Å². The molecular formula is C16H21BrO2. The minimum Gasteiger partial charge on any atom is -0.493 e. The average molecular weight is 325 g/mol. The van der Waals surface area contributed by atoms with Gasteiger partial charge in [-0.2, -0.15) is 0 Å². The third kappa shape index (κ3) is 2.86. The molecular weight excluding hydrogens is 304 g/mol. The number of rotatable bonds is 5. The molecule has 0 amide bonds. The lowest BCUT2D eigenvalue weighted by Crippen LogP contribution is -2.27. The molecule has 19 heavy (non-hydrogen) atoms. The van der Waals surface area contributed by atoms with Gasteiger partial charge in [-0.25, -0.2) is 0 Å². The molecule has 1 aromatic rings. The number of ketones is 1. The van der Waals surface area contributed by atoms with Gasteiger partial charge < -0.3 is 4.74 Å². The average Bonchev–Trinajstić information content (AvgIpc) is 2.90. The molecule has 0 atom stereocenters. The zero-order chi connectivity index (χ0) is 13.9. The van der Waals surface area contributed by atoms with Crippen molar-refractivity contribution in [2.75, 3.05) is 6.61 Å². The van der Waals surface area contributed by atoms with Crippen LogP contribution < -0.4 is 4.74 Å². The highest BCUT2D eigenvalue weighted by Gasteiger charge is 2.39. The van der Waals surface area contributed by atoms with E-state index in [1.54, 1.807) is 0 Å². The molecule has 2 nitrogen and oxygen atoms in total. The smallest absolute Gasteiger partial charge is 0.169 e. The van der Waals surface area contributed by atoms with Gasteiger partial charge in [0, 0.05) is 11.0 Å². The largest absolute Gasteiger partial charge is 0.493 e. The van der Waals surface area contributed by atoms with E-state index in [9.17, 15) is 4.79 Å². The standard InChI is InChI=1S/C16H21BrO2/c1-3-16(9-5-6-10-16)15(18)12-7-8-14(19-4-2)13(17)11-12/h7-8,11H,3-6,9-10H2,1-2H3. The minimum absolute atomic E-state index is 0.118. The van der Waals surface area contributed by atoms with E-state index in [2.05, 4.69) is 22.9 Å². The summed E-state index contributed by atoms with van der Waals surface area (Å²) in [4.78, 5) is 12.8. The summed E-state index contributed by atoms with van der Waals surface area (Å²) in [7, 11) is 0. The summed E-state index contributed by atoms with van der Waals surface area (Å²) >= 11 is 3.49. The normalized spacial score (nSPS) is 17.4. The molecule has 0 saturated heterocycles. The number of Topliss-reactive ketones (excluding diaryl/α,β-unsaturated/α-hetero) is 1. The Hall–Kier alpha value is -0.830. The number of ether oxygens (including phenoxy) is 1. The van der Waals surface area contributed by atoms with Crippen LogP contribution >= 0.6 is 15.9 Å². The summed E-state index contributed by atoms with van der Waals surface area (Å²) in [6.45, 7) is 4.72. The lowest BCUT2D eigenvalue weighted by Gasteiger charge is -2.26. The fraction of sp³-hybridized carbons (Fsp3) is 0.562. The molecule has 3 heteroatoms. The predicted molar refractivity (Wildman–Crippen MR) is 80.8 cm³/mol. The first kappa shape index (κ1) is 14.6. The second-order valence-corrected chi connectivity index (χ2v) is 6.10. The summed E-state index contributed by atoms with van der Waals surface area (Å²) in [5.41, 5.74) is 0.686. The summed E-state index contributed by atoms with van der Waals surface area (Å²) in [6.07, 6.45) is 5.37. The summed E-state index contributed by atoms with van der Waals surface area (Å²) in [6, 6.07) is 5.69. The molecule has 1 aliphatic carbocycles. The molecule has 1 saturated carbocycles. The van der Waals surface area contributed by atoms with Crippen molar-refractivity contribution < 1.29 is 9.53 Å². The van der Waals surface area contributed by atoms with Crippen LogP contribution in [0.4, 0.5) is 0 Å². The van der Waals surface area contributed by atoms with Gasteiger partial charge in [0.2, 0.25) is 0 Å². The second kappa shape index (κ2) is 6.08. The van der Waals surface area contributed by atoms with E-state index in [-0.39, 0.29) is 5.41 Å². The number of hydrogen-bond donors (Lipinski definition) is 0. The lowest BCUT2D eigenvalue weighted by molar-refractivity contribution is 0.0791. The van der Waals surface area contributed by atoms with Crippen LogP contribution in [0.15, 0.2) is 22.7 Å². The first-order valence-electron chi connectivity index (χ1n) is 7.10. The first-order chi connectivity index (χ1) is 9.13. The van der Waals surface area contributed by atoms with Crippen LogP contribution in [0, 0.1) is 5.41 Å². The maximum Gasteiger partial charge on any atom is 0.169 e. The third-order valence-electron chi connectivity index (χ3n) is 4.21. The SMILES string of the molecule is CCOc1ccc(C(=O)C2(CC)CCCC2)cc1Br. The Balaban J connectivity index is 2.26. The molecule has 0 N–H and O–H groups in total. The van der Waals surface area contributed by atoms with Gasteiger partial charge in [0.15, 0.2) is 5.78 Å². The van der Waals surface area contributed by atoms with Crippen molar-refractivity contribution in [2.45, 2.75) is 46.0 Å². The van der Waals surface area contributed by atoms with Gasteiger partial charge in [-0.15, -0.1) is 0 Å². The summed E-state index contributed by atoms with van der Waals surface area (Å²) in [5.74, 6) is 1.10. The highest BCUT2D eigenvalue weighted by Crippen LogP contribution is 2.44. The molecule has 1 aromatic carbocycles. The van der Waals surface area contributed by atoms with Gasteiger partial charge in [0.1, 0.15) is 5.75 Å². The van der Waals surface area contributed by atoms with Crippen molar-refractivity contribution in [3.8, 4) is 5.75 Å². The Labute approximate surface area is 123 Å². The minimum atomic E-state index is -0.118. The maximum atomic E-state index is 12.8. The quantitative estimate of drug-likeness (QED) is 0.712. The van der Waals surface area contributed by atoms with Gasteiger partial charge in [-0.1, -0.05) is 19.8 Å². The maximum absolute atomic E-state index is 12.8. The number of halogens is 1. The lowest BCUT2D eigenvalue weighted by atomic mass is 9.76. The Kier molecular flexibility index (Phi) is 4.67. The van der Waals surface area contributed by atoms with Gasteiger partial charge in [-0.05, 0) is 60.3 Å². The Bertz CT molecular complexity index is 462. The van der Waals surface area contributed by atoms with E-state index in [4.69, 9.17) is 4.74 Å². The number of benzene rings is 1. The van der Waals surface area contributed by atoms with Crippen LogP contribution in [-0.4, -0.2) is 12.4 Å². The van der Waals surface area contributed by atoms with Gasteiger partial charge in [-0.3, -0.25) is 4.79 Å². The van der Waals surface area contributed by atoms with E-state index < -0.39 is 0 Å². The highest BCUT2D eigenvalue weighted by atomic mass is 79.9. The summed E-state index contributed by atoms with van der Waals surface area (Å²) < 4.78 is 6.36. The third-order valence-corrected chi connectivity index (χ3v) is 4.83. The molecule has 0 heterocycles. The zero-order valence-electron chi connectivity index (χ0n) is 11.7. The fourth-order valence-corrected chi connectivity index (χ4v) is 3.51. The number of carbonyl (C=O) groups is 1. The topological polar surface area (TPSA) is 26.3 Å². The molecule has 1 aliphatic rings. The summed E-state index contributed by atoms with van der Waals surface area (Å²) in [5, 5.41) is 0. The monoisotopic (exact) mass is 324 g/mol. The van der Waals surface area contributed by atoms with Crippen molar-refractivity contribution in [1.29, 1.82) is 0 Å². The molecule has 0 aliphatic heterocycles. The van der Waals surface area contributed by atoms with Crippen LogP contribution in [0.1, 0.15) is 56.3 Å². The predicted octanol–water partition coefficient (Wildman–Crippen LogP) is 5.00. The molecule has 0 aromatic heterocycles. The molecule has 0 unspecified atom stereocenters. The van der Waals surface area contributed by atoms with Crippen molar-refractivity contribution in [2.24, 2.45) is 5.41 Å². The second-order valence-electron chi connectivity index (χ2n) is 5.25. The highest BCUT2D eigenvalue weighted by molar-refractivity contribution is 9.10. The molecule has 2 rings (SSSR count). The Morgan fingerprint density at radius 1 is 1.32 bits per heavy atom. The van der Waals surface area contributed by atoms with Crippen LogP contribution in [0.25, 0.3) is 0 Å². The molecule has 104 valence electrons. The first-order valence-corrected chi connectivity index (χ1v) is 7.89. The molecule has 1 fully saturated rings. The Morgan fingerprint density at radius 2 is 2.00 bits per heavy atom. The van der Waals surface area contributed by atoms with E-state index in [0.29, 0.717) is 12.4 Å². The van der Waals surface area contributed by atoms with Gasteiger partial charge in [0.25, 0.3) is 0 Å². The molecule has 0 bridgehead atoms.